The van der Waals surface area contributed by atoms with Gasteiger partial charge in [0.1, 0.15) is 6.54 Å². The zero-order chi connectivity index (χ0) is 12.6. The van der Waals surface area contributed by atoms with Gasteiger partial charge in [-0.2, -0.15) is 4.22 Å². The minimum Gasteiger partial charge on any atom is -0.518 e. The Hall–Kier alpha value is -1.34. The monoisotopic (exact) mass is 253 g/mol. The summed E-state index contributed by atoms with van der Waals surface area (Å²) in [5.41, 5.74) is 0.978. The molecule has 1 aromatic rings. The number of hydrogen-bond donors (Lipinski definition) is 0. The number of carbonyl (C=O) groups excluding carboxylic acids is 1. The van der Waals surface area contributed by atoms with E-state index in [4.69, 9.17) is 4.65 Å². The van der Waals surface area contributed by atoms with Crippen LogP contribution in [0.3, 0.4) is 0 Å². The molecule has 7 heteroatoms. The quantitative estimate of drug-likeness (QED) is 0.726. The van der Waals surface area contributed by atoms with Crippen molar-refractivity contribution in [3.63, 3.8) is 0 Å². The molecule has 1 aliphatic heterocycles. The Kier molecular flexibility index (Phi) is 2.97. The van der Waals surface area contributed by atoms with Crippen molar-refractivity contribution in [2.24, 2.45) is 0 Å². The Morgan fingerprint density at radius 2 is 1.88 bits per heavy atom. The van der Waals surface area contributed by atoms with Crippen molar-refractivity contribution in [3.8, 4) is 0 Å². The van der Waals surface area contributed by atoms with Crippen LogP contribution in [0.15, 0.2) is 29.2 Å². The molecule has 1 heterocycles. The molecule has 5 nitrogen and oxygen atoms in total. The van der Waals surface area contributed by atoms with E-state index in [-0.39, 0.29) is 11.4 Å². The van der Waals surface area contributed by atoms with Gasteiger partial charge in [-0.25, -0.2) is 8.42 Å². The summed E-state index contributed by atoms with van der Waals surface area (Å²) in [6.45, 7) is 3.19. The zero-order valence-electron chi connectivity index (χ0n) is 9.58. The molecule has 0 unspecified atom stereocenters. The molecule has 90 valence electrons. The van der Waals surface area contributed by atoms with Crippen LogP contribution in [0.5, 0.6) is 0 Å². The fourth-order valence-electron chi connectivity index (χ4n) is 1.67. The van der Waals surface area contributed by atoms with Crippen molar-refractivity contribution in [1.29, 1.82) is 0 Å². The standard InChI is InChI=1S/C10H12BNO4S/c1-8-3-5-9(6-4-8)17(14,15)12-7-10(13)16-11(12)2/h3-6H,7H2,1-2H3. The molecular formula is C10H12BNO4S. The molecule has 0 amide bonds. The first-order chi connectivity index (χ1) is 7.91. The number of sulfonamides is 1. The molecule has 1 aliphatic rings. The lowest BCUT2D eigenvalue weighted by atomic mass is 9.90. The molecule has 0 N–H and O–H groups in total. The molecule has 0 atom stereocenters. The highest BCUT2D eigenvalue weighted by atomic mass is 32.2. The second kappa shape index (κ2) is 4.16. The first-order valence-corrected chi connectivity index (χ1v) is 6.63. The topological polar surface area (TPSA) is 63.7 Å². The average Bonchev–Trinajstić information content (AvgIpc) is 2.59. The lowest BCUT2D eigenvalue weighted by Gasteiger charge is -2.15. The first-order valence-electron chi connectivity index (χ1n) is 5.19. The molecule has 1 fully saturated rings. The SMILES string of the molecule is CB1OC(=O)CN1S(=O)(=O)c1ccc(C)cc1. The molecule has 0 aromatic heterocycles. The largest absolute Gasteiger partial charge is 0.518 e. The van der Waals surface area contributed by atoms with Crippen LogP contribution in [0.2, 0.25) is 6.82 Å². The summed E-state index contributed by atoms with van der Waals surface area (Å²) in [6, 6.07) is 6.49. The number of aryl methyl sites for hydroxylation is 1. The molecule has 0 spiro atoms. The van der Waals surface area contributed by atoms with Crippen LogP contribution >= 0.6 is 0 Å². The fraction of sp³-hybridized carbons (Fsp3) is 0.300. The number of carbonyl (C=O) groups is 1. The maximum atomic E-state index is 12.2. The molecular weight excluding hydrogens is 241 g/mol. The number of rotatable bonds is 2. The van der Waals surface area contributed by atoms with Crippen molar-refractivity contribution in [2.75, 3.05) is 6.54 Å². The van der Waals surface area contributed by atoms with Gasteiger partial charge in [0.2, 0.25) is 10.0 Å². The molecule has 0 radical (unpaired) electrons. The van der Waals surface area contributed by atoms with Crippen LogP contribution in [0.4, 0.5) is 0 Å². The van der Waals surface area contributed by atoms with Crippen molar-refractivity contribution < 1.29 is 17.9 Å². The summed E-state index contributed by atoms with van der Waals surface area (Å²) in [7, 11) is -4.39. The van der Waals surface area contributed by atoms with E-state index in [1.54, 1.807) is 12.1 Å². The third-order valence-corrected chi connectivity index (χ3v) is 4.53. The average molecular weight is 253 g/mol. The van der Waals surface area contributed by atoms with Crippen molar-refractivity contribution in [1.82, 2.24) is 4.22 Å². The Morgan fingerprint density at radius 1 is 1.29 bits per heavy atom. The van der Waals surface area contributed by atoms with Gasteiger partial charge in [-0.05, 0) is 25.9 Å². The van der Waals surface area contributed by atoms with Gasteiger partial charge in [-0.15, -0.1) is 0 Å². The van der Waals surface area contributed by atoms with Crippen molar-refractivity contribution >= 4 is 23.0 Å². The highest BCUT2D eigenvalue weighted by Gasteiger charge is 2.42. The predicted molar refractivity (Wildman–Crippen MR) is 62.8 cm³/mol. The molecule has 1 aromatic carbocycles. The maximum absolute atomic E-state index is 12.2. The predicted octanol–water partition coefficient (Wildman–Crippen LogP) is 0.661. The van der Waals surface area contributed by atoms with E-state index in [0.29, 0.717) is 0 Å². The second-order valence-corrected chi connectivity index (χ2v) is 5.84. The summed E-state index contributed by atoms with van der Waals surface area (Å²) in [5.74, 6) is -0.520. The summed E-state index contributed by atoms with van der Waals surface area (Å²) < 4.78 is 30.3. The molecule has 0 saturated carbocycles. The van der Waals surface area contributed by atoms with Crippen LogP contribution in [-0.4, -0.2) is 32.2 Å². The Balaban J connectivity index is 2.37. The Labute approximate surface area is 101 Å². The van der Waals surface area contributed by atoms with Gasteiger partial charge in [-0.1, -0.05) is 17.7 Å². The van der Waals surface area contributed by atoms with Crippen molar-refractivity contribution in [2.45, 2.75) is 18.6 Å². The van der Waals surface area contributed by atoms with Crippen LogP contribution in [0, 0.1) is 6.92 Å². The van der Waals surface area contributed by atoms with Gasteiger partial charge in [0, 0.05) is 0 Å². The summed E-state index contributed by atoms with van der Waals surface area (Å²) in [4.78, 5) is 11.2. The highest BCUT2D eigenvalue weighted by molar-refractivity contribution is 7.90. The van der Waals surface area contributed by atoms with Crippen LogP contribution in [0.1, 0.15) is 5.56 Å². The fourth-order valence-corrected chi connectivity index (χ4v) is 3.13. The van der Waals surface area contributed by atoms with E-state index in [1.807, 2.05) is 6.92 Å². The van der Waals surface area contributed by atoms with Gasteiger partial charge in [-0.3, -0.25) is 4.79 Å². The maximum Gasteiger partial charge on any atom is 0.462 e. The van der Waals surface area contributed by atoms with Crippen LogP contribution in [-0.2, 0) is 19.5 Å². The zero-order valence-corrected chi connectivity index (χ0v) is 10.4. The van der Waals surface area contributed by atoms with Gasteiger partial charge in [0.25, 0.3) is 0 Å². The summed E-state index contributed by atoms with van der Waals surface area (Å²) in [6.07, 6.45) is 0. The van der Waals surface area contributed by atoms with E-state index in [1.165, 1.54) is 19.0 Å². The molecule has 0 bridgehead atoms. The van der Waals surface area contributed by atoms with Crippen LogP contribution < -0.4 is 0 Å². The molecule has 0 aliphatic carbocycles. The Morgan fingerprint density at radius 3 is 2.35 bits per heavy atom. The lowest BCUT2D eigenvalue weighted by Crippen LogP contribution is -2.37. The smallest absolute Gasteiger partial charge is 0.462 e. The van der Waals surface area contributed by atoms with Crippen molar-refractivity contribution in [3.05, 3.63) is 29.8 Å². The highest BCUT2D eigenvalue weighted by Crippen LogP contribution is 2.21. The van der Waals surface area contributed by atoms with E-state index >= 15 is 0 Å². The third-order valence-electron chi connectivity index (χ3n) is 2.62. The van der Waals surface area contributed by atoms with E-state index in [9.17, 15) is 13.2 Å². The minimum atomic E-state index is -3.65. The normalized spacial score (nSPS) is 17.3. The van der Waals surface area contributed by atoms with Gasteiger partial charge in [0.05, 0.1) is 4.90 Å². The number of benzene rings is 1. The second-order valence-electron chi connectivity index (χ2n) is 3.95. The number of hydrogen-bond acceptors (Lipinski definition) is 4. The Bertz CT molecular complexity index is 540. The van der Waals surface area contributed by atoms with Crippen LogP contribution in [0.25, 0.3) is 0 Å². The van der Waals surface area contributed by atoms with E-state index in [2.05, 4.69) is 0 Å². The molecule has 2 rings (SSSR count). The third kappa shape index (κ3) is 2.20. The lowest BCUT2D eigenvalue weighted by molar-refractivity contribution is -0.131. The van der Waals surface area contributed by atoms with E-state index in [0.717, 1.165) is 9.78 Å². The van der Waals surface area contributed by atoms with Gasteiger partial charge >= 0.3 is 13.0 Å². The first kappa shape index (κ1) is 12.1. The van der Waals surface area contributed by atoms with Gasteiger partial charge in [0.15, 0.2) is 0 Å². The number of nitrogens with zero attached hydrogens (tertiary/aromatic N) is 1. The minimum absolute atomic E-state index is 0.174. The summed E-state index contributed by atoms with van der Waals surface area (Å²) >= 11 is 0. The van der Waals surface area contributed by atoms with Gasteiger partial charge < -0.3 is 4.65 Å². The molecule has 17 heavy (non-hydrogen) atoms. The van der Waals surface area contributed by atoms with E-state index < -0.39 is 23.0 Å². The molecule has 1 saturated heterocycles. The summed E-state index contributed by atoms with van der Waals surface area (Å²) in [5, 5.41) is 0.